The molecule has 2 aromatic heterocycles. The van der Waals surface area contributed by atoms with E-state index in [9.17, 15) is 0 Å². The Kier molecular flexibility index (Phi) is 7.40. The van der Waals surface area contributed by atoms with E-state index >= 15 is 0 Å². The topological polar surface area (TPSA) is 85.3 Å². The van der Waals surface area contributed by atoms with Gasteiger partial charge < -0.3 is 24.7 Å². The maximum atomic E-state index is 4.76. The number of benzene rings is 2. The quantitative estimate of drug-likeness (QED) is 0.294. The molecule has 1 aliphatic heterocycles. The van der Waals surface area contributed by atoms with Gasteiger partial charge in [-0.05, 0) is 53.3 Å². The van der Waals surface area contributed by atoms with Crippen molar-refractivity contribution in [2.45, 2.75) is 0 Å². The Morgan fingerprint density at radius 2 is 1.81 bits per heavy atom. The zero-order chi connectivity index (χ0) is 25.1. The molecule has 2 aromatic carbocycles. The summed E-state index contributed by atoms with van der Waals surface area (Å²) in [6.45, 7) is 4.17. The van der Waals surface area contributed by atoms with E-state index in [1.54, 1.807) is 30.5 Å². The molecule has 0 unspecified atom stereocenters. The molecule has 0 spiro atoms. The van der Waals surface area contributed by atoms with Crippen LogP contribution in [-0.2, 0) is 0 Å². The first-order chi connectivity index (χ1) is 17.5. The molecule has 5 rings (SSSR count). The van der Waals surface area contributed by atoms with Crippen LogP contribution in [0.5, 0.6) is 0 Å². The Balaban J connectivity index is 1.41. The standard InChI is InChI=1S/C25H28BrN9S/c1-33-11-13-35(14-12-33)18-6-4-5-17(15-18)30-25-29-16-19(26)24(32-25)31-21-8-7-20-22(28-10-9-27-20)23(21)34(2)36-3/h4-10,15-16H,11-14H2,1-3H3,(H2,29,30,31,32). The fourth-order valence-corrected chi connectivity index (χ4v) is 4.81. The van der Waals surface area contributed by atoms with Crippen molar-refractivity contribution >= 4 is 73.4 Å². The van der Waals surface area contributed by atoms with Gasteiger partial charge in [0.2, 0.25) is 5.95 Å². The van der Waals surface area contributed by atoms with Gasteiger partial charge in [0, 0.05) is 69.4 Å². The highest BCUT2D eigenvalue weighted by atomic mass is 79.9. The van der Waals surface area contributed by atoms with Gasteiger partial charge in [0.25, 0.3) is 0 Å². The zero-order valence-corrected chi connectivity index (χ0v) is 22.8. The Bertz CT molecular complexity index is 1360. The molecule has 186 valence electrons. The SMILES string of the molecule is CSN(C)c1c(Nc2nc(Nc3cccc(N4CCN(C)CC4)c3)ncc2Br)ccc2nccnc12. The van der Waals surface area contributed by atoms with Crippen molar-refractivity contribution in [2.75, 3.05) is 66.4 Å². The van der Waals surface area contributed by atoms with Crippen LogP contribution in [0.15, 0.2) is 59.5 Å². The third-order valence-electron chi connectivity index (χ3n) is 6.17. The first-order valence-electron chi connectivity index (χ1n) is 11.6. The minimum atomic E-state index is 0.511. The molecule has 4 aromatic rings. The van der Waals surface area contributed by atoms with Crippen LogP contribution < -0.4 is 19.8 Å². The highest BCUT2D eigenvalue weighted by Crippen LogP contribution is 2.37. The van der Waals surface area contributed by atoms with Gasteiger partial charge in [-0.2, -0.15) is 4.98 Å². The van der Waals surface area contributed by atoms with Crippen molar-refractivity contribution in [3.05, 3.63) is 59.5 Å². The molecule has 0 saturated carbocycles. The molecule has 1 aliphatic rings. The number of piperazine rings is 1. The third-order valence-corrected chi connectivity index (χ3v) is 7.48. The first kappa shape index (κ1) is 24.5. The minimum absolute atomic E-state index is 0.511. The van der Waals surface area contributed by atoms with Crippen molar-refractivity contribution in [3.8, 4) is 0 Å². The van der Waals surface area contributed by atoms with Crippen molar-refractivity contribution in [2.24, 2.45) is 0 Å². The van der Waals surface area contributed by atoms with Crippen LogP contribution in [0, 0.1) is 0 Å². The number of nitrogens with one attached hydrogen (secondary N) is 2. The summed E-state index contributed by atoms with van der Waals surface area (Å²) >= 11 is 5.20. The molecule has 0 aliphatic carbocycles. The monoisotopic (exact) mass is 565 g/mol. The van der Waals surface area contributed by atoms with Crippen LogP contribution in [0.3, 0.4) is 0 Å². The Morgan fingerprint density at radius 3 is 2.61 bits per heavy atom. The lowest BCUT2D eigenvalue weighted by Gasteiger charge is -2.34. The van der Waals surface area contributed by atoms with Crippen molar-refractivity contribution in [3.63, 3.8) is 0 Å². The molecular weight excluding hydrogens is 538 g/mol. The van der Waals surface area contributed by atoms with E-state index < -0.39 is 0 Å². The van der Waals surface area contributed by atoms with Crippen LogP contribution in [0.25, 0.3) is 11.0 Å². The number of likely N-dealkylation sites (N-methyl/N-ethyl adjacent to an activating group) is 1. The lowest BCUT2D eigenvalue weighted by Crippen LogP contribution is -2.44. The van der Waals surface area contributed by atoms with Gasteiger partial charge in [0.15, 0.2) is 0 Å². The number of rotatable bonds is 7. The summed E-state index contributed by atoms with van der Waals surface area (Å²) in [5.74, 6) is 1.17. The Hall–Kier alpha value is -3.15. The first-order valence-corrected chi connectivity index (χ1v) is 13.6. The van der Waals surface area contributed by atoms with Crippen LogP contribution in [-0.4, -0.2) is 71.4 Å². The Labute approximate surface area is 223 Å². The number of fused-ring (bicyclic) bond motifs is 1. The number of halogens is 1. The summed E-state index contributed by atoms with van der Waals surface area (Å²) in [5, 5.41) is 6.83. The highest BCUT2D eigenvalue weighted by molar-refractivity contribution is 9.10. The van der Waals surface area contributed by atoms with Gasteiger partial charge in [-0.25, -0.2) is 4.98 Å². The largest absolute Gasteiger partial charge is 0.369 e. The molecule has 1 saturated heterocycles. The fraction of sp³-hybridized carbons (Fsp3) is 0.280. The number of anilines is 6. The number of nitrogens with zero attached hydrogens (tertiary/aromatic N) is 7. The molecule has 2 N–H and O–H groups in total. The smallest absolute Gasteiger partial charge is 0.229 e. The summed E-state index contributed by atoms with van der Waals surface area (Å²) in [4.78, 5) is 23.0. The molecule has 0 amide bonds. The van der Waals surface area contributed by atoms with Crippen LogP contribution in [0.1, 0.15) is 0 Å². The van der Waals surface area contributed by atoms with Gasteiger partial charge in [-0.1, -0.05) is 18.0 Å². The maximum Gasteiger partial charge on any atom is 0.229 e. The molecule has 3 heterocycles. The lowest BCUT2D eigenvalue weighted by molar-refractivity contribution is 0.313. The number of hydrogen-bond acceptors (Lipinski definition) is 10. The van der Waals surface area contributed by atoms with Crippen molar-refractivity contribution < 1.29 is 0 Å². The Morgan fingerprint density at radius 1 is 1.00 bits per heavy atom. The molecule has 11 heteroatoms. The van der Waals surface area contributed by atoms with Gasteiger partial charge in [-0.15, -0.1) is 0 Å². The van der Waals surface area contributed by atoms with E-state index in [0.29, 0.717) is 11.8 Å². The summed E-state index contributed by atoms with van der Waals surface area (Å²) in [6.07, 6.45) is 7.19. The van der Waals surface area contributed by atoms with Crippen LogP contribution in [0.2, 0.25) is 0 Å². The molecule has 9 nitrogen and oxygen atoms in total. The molecule has 0 atom stereocenters. The minimum Gasteiger partial charge on any atom is -0.369 e. The molecule has 36 heavy (non-hydrogen) atoms. The molecule has 1 fully saturated rings. The van der Waals surface area contributed by atoms with Gasteiger partial charge in [0.05, 0.1) is 21.4 Å². The maximum absolute atomic E-state index is 4.76. The fourth-order valence-electron chi connectivity index (χ4n) is 4.15. The summed E-state index contributed by atoms with van der Waals surface area (Å²) < 4.78 is 2.83. The van der Waals surface area contributed by atoms with Crippen molar-refractivity contribution in [1.29, 1.82) is 0 Å². The van der Waals surface area contributed by atoms with Gasteiger partial charge in [-0.3, -0.25) is 9.97 Å². The third kappa shape index (κ3) is 5.32. The van der Waals surface area contributed by atoms with Crippen molar-refractivity contribution in [1.82, 2.24) is 24.8 Å². The predicted molar refractivity (Wildman–Crippen MR) is 154 cm³/mol. The van der Waals surface area contributed by atoms with E-state index in [-0.39, 0.29) is 0 Å². The normalized spacial score (nSPS) is 14.2. The van der Waals surface area contributed by atoms with Crippen LogP contribution in [0.4, 0.5) is 34.5 Å². The molecule has 0 radical (unpaired) electrons. The van der Waals surface area contributed by atoms with E-state index in [4.69, 9.17) is 4.98 Å². The summed E-state index contributed by atoms with van der Waals surface area (Å²) in [6, 6.07) is 12.4. The number of aromatic nitrogens is 4. The van der Waals surface area contributed by atoms with Crippen LogP contribution >= 0.6 is 27.9 Å². The molecular formula is C25H28BrN9S. The average molecular weight is 567 g/mol. The molecule has 0 bridgehead atoms. The van der Waals surface area contributed by atoms with E-state index in [1.165, 1.54) is 5.69 Å². The zero-order valence-electron chi connectivity index (χ0n) is 20.4. The van der Waals surface area contributed by atoms with E-state index in [0.717, 1.165) is 58.7 Å². The van der Waals surface area contributed by atoms with E-state index in [1.807, 2.05) is 31.5 Å². The summed E-state index contributed by atoms with van der Waals surface area (Å²) in [5.41, 5.74) is 5.62. The highest BCUT2D eigenvalue weighted by Gasteiger charge is 2.17. The summed E-state index contributed by atoms with van der Waals surface area (Å²) in [7, 11) is 4.17. The van der Waals surface area contributed by atoms with Gasteiger partial charge >= 0.3 is 0 Å². The second-order valence-electron chi connectivity index (χ2n) is 8.55. The predicted octanol–water partition coefficient (Wildman–Crippen LogP) is 5.14. The second-order valence-corrected chi connectivity index (χ2v) is 10.3. The second kappa shape index (κ2) is 10.9. The van der Waals surface area contributed by atoms with E-state index in [2.05, 4.69) is 80.9 Å². The number of hydrogen-bond donors (Lipinski definition) is 2. The lowest BCUT2D eigenvalue weighted by atomic mass is 10.2. The average Bonchev–Trinajstić information content (AvgIpc) is 2.90. The van der Waals surface area contributed by atoms with Gasteiger partial charge in [0.1, 0.15) is 11.3 Å².